The van der Waals surface area contributed by atoms with E-state index < -0.39 is 0 Å². The molecule has 0 atom stereocenters. The van der Waals surface area contributed by atoms with Gasteiger partial charge in [0.1, 0.15) is 0 Å². The lowest BCUT2D eigenvalue weighted by Gasteiger charge is -2.01. The Kier molecular flexibility index (Phi) is 4.81. The van der Waals surface area contributed by atoms with Gasteiger partial charge in [0.05, 0.1) is 0 Å². The van der Waals surface area contributed by atoms with E-state index in [2.05, 4.69) is 37.4 Å². The third-order valence-electron chi connectivity index (χ3n) is 3.17. The first-order valence-electron chi connectivity index (χ1n) is 6.74. The maximum Gasteiger partial charge on any atom is 0.00885 e. The summed E-state index contributed by atoms with van der Waals surface area (Å²) in [6.07, 6.45) is 8.64. The molecule has 17 heavy (non-hydrogen) atoms. The monoisotopic (exact) mass is 249 g/mol. The number of rotatable bonds is 7. The van der Waals surface area contributed by atoms with E-state index in [9.17, 15) is 0 Å². The van der Waals surface area contributed by atoms with Crippen LogP contribution in [0.25, 0.3) is 0 Å². The van der Waals surface area contributed by atoms with Crippen LogP contribution < -0.4 is 5.32 Å². The number of nitrogens with one attached hydrogen (secondary N) is 1. The number of thiophene rings is 1. The van der Waals surface area contributed by atoms with E-state index in [-0.39, 0.29) is 0 Å². The van der Waals surface area contributed by atoms with E-state index in [1.54, 1.807) is 0 Å². The third kappa shape index (κ3) is 4.64. The molecule has 2 rings (SSSR count). The SMILES string of the molecule is CCc1ccc(CC(C)=CCCNC2CC2)s1. The number of hydrogen-bond acceptors (Lipinski definition) is 2. The molecule has 2 heteroatoms. The summed E-state index contributed by atoms with van der Waals surface area (Å²) in [5.74, 6) is 0. The lowest BCUT2D eigenvalue weighted by atomic mass is 10.1. The zero-order valence-electron chi connectivity index (χ0n) is 11.0. The van der Waals surface area contributed by atoms with Crippen LogP contribution in [0.5, 0.6) is 0 Å². The Balaban J connectivity index is 1.70. The van der Waals surface area contributed by atoms with Crippen molar-refractivity contribution < 1.29 is 0 Å². The van der Waals surface area contributed by atoms with Crippen LogP contribution in [0.3, 0.4) is 0 Å². The fraction of sp³-hybridized carbons (Fsp3) is 0.600. The molecule has 94 valence electrons. The molecule has 0 radical (unpaired) electrons. The molecule has 1 aromatic rings. The Morgan fingerprint density at radius 1 is 1.41 bits per heavy atom. The van der Waals surface area contributed by atoms with Crippen LogP contribution in [0.4, 0.5) is 0 Å². The van der Waals surface area contributed by atoms with Crippen molar-refractivity contribution >= 4 is 11.3 Å². The predicted molar refractivity (Wildman–Crippen MR) is 76.8 cm³/mol. The van der Waals surface area contributed by atoms with Crippen LogP contribution in [0.2, 0.25) is 0 Å². The van der Waals surface area contributed by atoms with Crippen molar-refractivity contribution in [3.63, 3.8) is 0 Å². The van der Waals surface area contributed by atoms with Crippen LogP contribution >= 0.6 is 11.3 Å². The van der Waals surface area contributed by atoms with Gasteiger partial charge in [-0.3, -0.25) is 0 Å². The normalized spacial score (nSPS) is 16.5. The van der Waals surface area contributed by atoms with Gasteiger partial charge in [-0.1, -0.05) is 18.6 Å². The highest BCUT2D eigenvalue weighted by atomic mass is 32.1. The minimum absolute atomic E-state index is 0.841. The second kappa shape index (κ2) is 6.36. The molecule has 1 nitrogen and oxygen atoms in total. The van der Waals surface area contributed by atoms with Crippen LogP contribution in [-0.2, 0) is 12.8 Å². The minimum atomic E-state index is 0.841. The van der Waals surface area contributed by atoms with Gasteiger partial charge in [-0.25, -0.2) is 0 Å². The number of allylic oxidation sites excluding steroid dienone is 1. The second-order valence-corrected chi connectivity index (χ2v) is 6.22. The Hall–Kier alpha value is -0.600. The first kappa shape index (κ1) is 12.8. The van der Waals surface area contributed by atoms with E-state index in [1.165, 1.54) is 41.0 Å². The molecule has 0 unspecified atom stereocenters. The van der Waals surface area contributed by atoms with Gasteiger partial charge < -0.3 is 5.32 Å². The summed E-state index contributed by atoms with van der Waals surface area (Å²) < 4.78 is 0. The number of hydrogen-bond donors (Lipinski definition) is 1. The first-order valence-corrected chi connectivity index (χ1v) is 7.56. The highest BCUT2D eigenvalue weighted by Crippen LogP contribution is 2.20. The molecule has 1 aliphatic rings. The van der Waals surface area contributed by atoms with Crippen molar-refractivity contribution in [2.45, 2.75) is 52.0 Å². The topological polar surface area (TPSA) is 12.0 Å². The summed E-state index contributed by atoms with van der Waals surface area (Å²) in [6.45, 7) is 5.62. The van der Waals surface area contributed by atoms with E-state index in [0.717, 1.165) is 19.0 Å². The zero-order chi connectivity index (χ0) is 12.1. The molecule has 1 fully saturated rings. The summed E-state index contributed by atoms with van der Waals surface area (Å²) in [7, 11) is 0. The standard InChI is InChI=1S/C15H23NS/c1-3-14-8-9-15(17-14)11-12(2)5-4-10-16-13-6-7-13/h5,8-9,13,16H,3-4,6-7,10-11H2,1-2H3. The minimum Gasteiger partial charge on any atom is -0.314 e. The van der Waals surface area contributed by atoms with Gasteiger partial charge in [-0.15, -0.1) is 11.3 Å². The lowest BCUT2D eigenvalue weighted by molar-refractivity contribution is 0.688. The van der Waals surface area contributed by atoms with E-state index in [4.69, 9.17) is 0 Å². The molecular formula is C15H23NS. The van der Waals surface area contributed by atoms with Crippen LogP contribution in [0.1, 0.15) is 42.9 Å². The Morgan fingerprint density at radius 3 is 2.82 bits per heavy atom. The van der Waals surface area contributed by atoms with Gasteiger partial charge in [0.2, 0.25) is 0 Å². The van der Waals surface area contributed by atoms with Crippen LogP contribution in [0, 0.1) is 0 Å². The van der Waals surface area contributed by atoms with Crippen molar-refractivity contribution in [2.75, 3.05) is 6.54 Å². The summed E-state index contributed by atoms with van der Waals surface area (Å²) >= 11 is 1.96. The third-order valence-corrected chi connectivity index (χ3v) is 4.40. The van der Waals surface area contributed by atoms with Crippen molar-refractivity contribution in [1.29, 1.82) is 0 Å². The van der Waals surface area contributed by atoms with Gasteiger partial charge in [-0.2, -0.15) is 0 Å². The molecule has 1 aliphatic carbocycles. The fourth-order valence-electron chi connectivity index (χ4n) is 1.95. The Labute approximate surface area is 109 Å². The Bertz CT molecular complexity index is 374. The van der Waals surface area contributed by atoms with Gasteiger partial charge in [-0.05, 0) is 51.3 Å². The smallest absolute Gasteiger partial charge is 0.00885 e. The summed E-state index contributed by atoms with van der Waals surface area (Å²) in [5, 5.41) is 3.55. The maximum absolute atomic E-state index is 3.55. The van der Waals surface area contributed by atoms with Crippen molar-refractivity contribution in [3.8, 4) is 0 Å². The highest BCUT2D eigenvalue weighted by molar-refractivity contribution is 7.12. The largest absolute Gasteiger partial charge is 0.314 e. The van der Waals surface area contributed by atoms with Gasteiger partial charge >= 0.3 is 0 Å². The molecule has 0 spiro atoms. The van der Waals surface area contributed by atoms with Crippen LogP contribution in [0.15, 0.2) is 23.8 Å². The summed E-state index contributed by atoms with van der Waals surface area (Å²) in [6, 6.07) is 5.39. The summed E-state index contributed by atoms with van der Waals surface area (Å²) in [5.41, 5.74) is 1.51. The van der Waals surface area contributed by atoms with E-state index in [0.29, 0.717) is 0 Å². The Morgan fingerprint density at radius 2 is 2.18 bits per heavy atom. The van der Waals surface area contributed by atoms with Gasteiger partial charge in [0.15, 0.2) is 0 Å². The number of aryl methyl sites for hydroxylation is 1. The molecule has 1 saturated carbocycles. The fourth-order valence-corrected chi connectivity index (χ4v) is 3.00. The molecule has 0 bridgehead atoms. The quantitative estimate of drug-likeness (QED) is 0.570. The van der Waals surface area contributed by atoms with Gasteiger partial charge in [0.25, 0.3) is 0 Å². The van der Waals surface area contributed by atoms with Crippen LogP contribution in [-0.4, -0.2) is 12.6 Å². The highest BCUT2D eigenvalue weighted by Gasteiger charge is 2.19. The summed E-state index contributed by atoms with van der Waals surface area (Å²) in [4.78, 5) is 3.01. The van der Waals surface area contributed by atoms with E-state index >= 15 is 0 Å². The molecule has 0 saturated heterocycles. The van der Waals surface area contributed by atoms with Gasteiger partial charge in [0, 0.05) is 22.2 Å². The maximum atomic E-state index is 3.55. The van der Waals surface area contributed by atoms with Crippen molar-refractivity contribution in [1.82, 2.24) is 5.32 Å². The molecule has 0 amide bonds. The molecular weight excluding hydrogens is 226 g/mol. The van der Waals surface area contributed by atoms with E-state index in [1.807, 2.05) is 11.3 Å². The predicted octanol–water partition coefficient (Wildman–Crippen LogP) is 3.94. The molecule has 1 aromatic heterocycles. The molecule has 1 heterocycles. The lowest BCUT2D eigenvalue weighted by Crippen LogP contribution is -2.16. The van der Waals surface area contributed by atoms with Crippen molar-refractivity contribution in [3.05, 3.63) is 33.5 Å². The average Bonchev–Trinajstić information content (AvgIpc) is 3.04. The molecule has 0 aliphatic heterocycles. The average molecular weight is 249 g/mol. The zero-order valence-corrected chi connectivity index (χ0v) is 11.8. The molecule has 0 aromatic carbocycles. The molecule has 1 N–H and O–H groups in total. The first-order chi connectivity index (χ1) is 8.28. The second-order valence-electron chi connectivity index (χ2n) is 4.97. The van der Waals surface area contributed by atoms with Crippen molar-refractivity contribution in [2.24, 2.45) is 0 Å².